The summed E-state index contributed by atoms with van der Waals surface area (Å²) in [5.41, 5.74) is 1.21. The molecule has 0 spiro atoms. The zero-order valence-corrected chi connectivity index (χ0v) is 14.6. The van der Waals surface area contributed by atoms with Crippen molar-refractivity contribution in [1.82, 2.24) is 16.0 Å². The number of ether oxygens (including phenoxy) is 1. The molecule has 1 heterocycles. The van der Waals surface area contributed by atoms with Gasteiger partial charge in [0.1, 0.15) is 5.75 Å². The number of carbonyl (C=O) groups is 1. The van der Waals surface area contributed by atoms with Crippen LogP contribution in [0.25, 0.3) is 0 Å². The fourth-order valence-corrected chi connectivity index (χ4v) is 3.92. The first-order valence-electron chi connectivity index (χ1n) is 9.19. The Kier molecular flexibility index (Phi) is 5.74. The maximum absolute atomic E-state index is 12.2. The maximum atomic E-state index is 12.2. The molecule has 132 valence electrons. The highest BCUT2D eigenvalue weighted by molar-refractivity contribution is 5.78. The standard InChI is InChI=1S/C19H29N3O2/c1-2-11-24-16-6-3-5-15(12-16)13-21-18(23)14-22-19-8-4-7-17(19)20-10-9-19/h3,5-6,12,17,20,22H,2,4,7-11,13-14H2,1H3,(H,21,23). The van der Waals surface area contributed by atoms with Gasteiger partial charge in [0.25, 0.3) is 0 Å². The minimum atomic E-state index is 0.0572. The lowest BCUT2D eigenvalue weighted by Crippen LogP contribution is -2.53. The number of fused-ring (bicyclic) bond motifs is 1. The highest BCUT2D eigenvalue weighted by Gasteiger charge is 2.45. The van der Waals surface area contributed by atoms with Crippen molar-refractivity contribution in [2.24, 2.45) is 0 Å². The summed E-state index contributed by atoms with van der Waals surface area (Å²) in [6.07, 6.45) is 5.76. The van der Waals surface area contributed by atoms with Crippen molar-refractivity contribution in [1.29, 1.82) is 0 Å². The van der Waals surface area contributed by atoms with Crippen LogP contribution in [0.1, 0.15) is 44.6 Å². The van der Waals surface area contributed by atoms with Gasteiger partial charge in [-0.2, -0.15) is 0 Å². The third-order valence-electron chi connectivity index (χ3n) is 5.21. The molecule has 1 aromatic rings. The van der Waals surface area contributed by atoms with Crippen LogP contribution in [0.15, 0.2) is 24.3 Å². The van der Waals surface area contributed by atoms with Crippen LogP contribution in [0.4, 0.5) is 0 Å². The lowest BCUT2D eigenvalue weighted by molar-refractivity contribution is -0.120. The first-order chi connectivity index (χ1) is 11.7. The van der Waals surface area contributed by atoms with Crippen LogP contribution >= 0.6 is 0 Å². The van der Waals surface area contributed by atoms with Gasteiger partial charge in [0.15, 0.2) is 0 Å². The van der Waals surface area contributed by atoms with Gasteiger partial charge in [-0.1, -0.05) is 19.1 Å². The molecule has 1 aromatic carbocycles. The quantitative estimate of drug-likeness (QED) is 0.681. The summed E-state index contributed by atoms with van der Waals surface area (Å²) >= 11 is 0. The monoisotopic (exact) mass is 331 g/mol. The minimum absolute atomic E-state index is 0.0572. The fraction of sp³-hybridized carbons (Fsp3) is 0.632. The number of hydrogen-bond donors (Lipinski definition) is 3. The van der Waals surface area contributed by atoms with Crippen LogP contribution in [0.2, 0.25) is 0 Å². The first-order valence-corrected chi connectivity index (χ1v) is 9.19. The molecule has 2 fully saturated rings. The van der Waals surface area contributed by atoms with E-state index in [1.165, 1.54) is 19.3 Å². The number of nitrogens with one attached hydrogen (secondary N) is 3. The molecule has 5 heteroatoms. The second-order valence-corrected chi connectivity index (χ2v) is 6.93. The average Bonchev–Trinajstić information content (AvgIpc) is 3.17. The Hall–Kier alpha value is -1.59. The first kappa shape index (κ1) is 17.2. The van der Waals surface area contributed by atoms with Crippen LogP contribution in [0.5, 0.6) is 5.75 Å². The average molecular weight is 331 g/mol. The van der Waals surface area contributed by atoms with Crippen molar-refractivity contribution in [2.45, 2.75) is 57.2 Å². The molecule has 0 radical (unpaired) electrons. The lowest BCUT2D eigenvalue weighted by Gasteiger charge is -2.30. The SMILES string of the molecule is CCCOc1cccc(CNC(=O)CNC23CCCC2NCC3)c1. The van der Waals surface area contributed by atoms with Gasteiger partial charge in [0.2, 0.25) is 5.91 Å². The van der Waals surface area contributed by atoms with E-state index in [4.69, 9.17) is 4.74 Å². The zero-order chi connectivity index (χ0) is 16.8. The van der Waals surface area contributed by atoms with E-state index in [1.807, 2.05) is 24.3 Å². The molecule has 1 aliphatic heterocycles. The summed E-state index contributed by atoms with van der Waals surface area (Å²) < 4.78 is 5.63. The number of rotatable bonds is 8. The van der Waals surface area contributed by atoms with Crippen LogP contribution < -0.4 is 20.7 Å². The molecule has 0 aromatic heterocycles. The van der Waals surface area contributed by atoms with E-state index in [0.29, 0.717) is 19.1 Å². The van der Waals surface area contributed by atoms with E-state index in [9.17, 15) is 4.79 Å². The molecule has 2 atom stereocenters. The zero-order valence-electron chi connectivity index (χ0n) is 14.6. The van der Waals surface area contributed by atoms with Crippen molar-refractivity contribution in [3.05, 3.63) is 29.8 Å². The normalized spacial score (nSPS) is 25.5. The molecule has 24 heavy (non-hydrogen) atoms. The van der Waals surface area contributed by atoms with Crippen molar-refractivity contribution >= 4 is 5.91 Å². The van der Waals surface area contributed by atoms with E-state index < -0.39 is 0 Å². The van der Waals surface area contributed by atoms with Crippen LogP contribution in [-0.4, -0.2) is 37.2 Å². The molecule has 0 bridgehead atoms. The van der Waals surface area contributed by atoms with Crippen molar-refractivity contribution in [3.63, 3.8) is 0 Å². The highest BCUT2D eigenvalue weighted by Crippen LogP contribution is 2.36. The second-order valence-electron chi connectivity index (χ2n) is 6.93. The summed E-state index contributed by atoms with van der Waals surface area (Å²) in [5.74, 6) is 0.924. The molecule has 1 saturated carbocycles. The Morgan fingerprint density at radius 1 is 1.42 bits per heavy atom. The van der Waals surface area contributed by atoms with Crippen LogP contribution in [-0.2, 0) is 11.3 Å². The molecule has 3 N–H and O–H groups in total. The van der Waals surface area contributed by atoms with Crippen molar-refractivity contribution in [2.75, 3.05) is 19.7 Å². The minimum Gasteiger partial charge on any atom is -0.494 e. The van der Waals surface area contributed by atoms with Gasteiger partial charge in [-0.25, -0.2) is 0 Å². The van der Waals surface area contributed by atoms with Crippen LogP contribution in [0.3, 0.4) is 0 Å². The lowest BCUT2D eigenvalue weighted by atomic mass is 9.93. The Morgan fingerprint density at radius 3 is 3.21 bits per heavy atom. The van der Waals surface area contributed by atoms with Gasteiger partial charge in [-0.3, -0.25) is 4.79 Å². The number of amides is 1. The van der Waals surface area contributed by atoms with Gasteiger partial charge in [-0.15, -0.1) is 0 Å². The Morgan fingerprint density at radius 2 is 2.33 bits per heavy atom. The van der Waals surface area contributed by atoms with Gasteiger partial charge in [0, 0.05) is 18.1 Å². The Balaban J connectivity index is 1.44. The topological polar surface area (TPSA) is 62.4 Å². The summed E-state index contributed by atoms with van der Waals surface area (Å²) in [4.78, 5) is 12.2. The van der Waals surface area contributed by atoms with E-state index in [-0.39, 0.29) is 11.4 Å². The van der Waals surface area contributed by atoms with Gasteiger partial charge in [-0.05, 0) is 56.3 Å². The molecular weight excluding hydrogens is 302 g/mol. The molecule has 2 unspecified atom stereocenters. The molecule has 5 nitrogen and oxygen atoms in total. The van der Waals surface area contributed by atoms with Gasteiger partial charge < -0.3 is 20.7 Å². The molecule has 3 rings (SSSR count). The van der Waals surface area contributed by atoms with Gasteiger partial charge in [0.05, 0.1) is 13.2 Å². The predicted molar refractivity (Wildman–Crippen MR) is 95.1 cm³/mol. The predicted octanol–water partition coefficient (Wildman–Crippen LogP) is 1.97. The van der Waals surface area contributed by atoms with Crippen molar-refractivity contribution in [3.8, 4) is 5.75 Å². The van der Waals surface area contributed by atoms with E-state index in [0.717, 1.165) is 37.3 Å². The van der Waals surface area contributed by atoms with Gasteiger partial charge >= 0.3 is 0 Å². The number of carbonyl (C=O) groups excluding carboxylic acids is 1. The van der Waals surface area contributed by atoms with E-state index in [1.54, 1.807) is 0 Å². The second kappa shape index (κ2) is 7.99. The number of benzene rings is 1. The van der Waals surface area contributed by atoms with E-state index >= 15 is 0 Å². The molecule has 2 aliphatic rings. The molecule has 1 aliphatic carbocycles. The molecule has 1 saturated heterocycles. The van der Waals surface area contributed by atoms with Crippen LogP contribution in [0, 0.1) is 0 Å². The van der Waals surface area contributed by atoms with E-state index in [2.05, 4.69) is 22.9 Å². The summed E-state index contributed by atoms with van der Waals surface area (Å²) in [6, 6.07) is 8.47. The third kappa shape index (κ3) is 4.08. The fourth-order valence-electron chi connectivity index (χ4n) is 3.92. The smallest absolute Gasteiger partial charge is 0.234 e. The van der Waals surface area contributed by atoms with Crippen molar-refractivity contribution < 1.29 is 9.53 Å². The summed E-state index contributed by atoms with van der Waals surface area (Å²) in [6.45, 7) is 4.80. The Bertz CT molecular complexity index is 551. The third-order valence-corrected chi connectivity index (χ3v) is 5.21. The molecular formula is C19H29N3O2. The maximum Gasteiger partial charge on any atom is 0.234 e. The summed E-state index contributed by atoms with van der Waals surface area (Å²) in [5, 5.41) is 10.1. The largest absolute Gasteiger partial charge is 0.494 e. The Labute approximate surface area is 144 Å². The summed E-state index contributed by atoms with van der Waals surface area (Å²) in [7, 11) is 0. The highest BCUT2D eigenvalue weighted by atomic mass is 16.5. The molecule has 1 amide bonds. The number of hydrogen-bond acceptors (Lipinski definition) is 4.